The van der Waals surface area contributed by atoms with Crippen molar-refractivity contribution in [1.29, 1.82) is 0 Å². The van der Waals surface area contributed by atoms with Crippen LogP contribution in [0.5, 0.6) is 0 Å². The molecule has 2 aliphatic rings. The first kappa shape index (κ1) is 32.2. The third-order valence-corrected chi connectivity index (χ3v) is 5.75. The predicted molar refractivity (Wildman–Crippen MR) is 124 cm³/mol. The Bertz CT molecular complexity index is 1120. The van der Waals surface area contributed by atoms with E-state index >= 15 is 0 Å². The van der Waals surface area contributed by atoms with Crippen molar-refractivity contribution in [3.63, 3.8) is 0 Å². The molecule has 11 nitrogen and oxygen atoms in total. The van der Waals surface area contributed by atoms with E-state index in [1.54, 1.807) is 24.5 Å². The zero-order valence-electron chi connectivity index (χ0n) is 20.9. The van der Waals surface area contributed by atoms with Gasteiger partial charge in [0.15, 0.2) is 0 Å². The number of hydrogen-bond donors (Lipinski definition) is 3. The fourth-order valence-corrected chi connectivity index (χ4v) is 3.80. The number of pyridine rings is 1. The van der Waals surface area contributed by atoms with Crippen LogP contribution in [-0.4, -0.2) is 92.1 Å². The molecule has 4 rings (SSSR count). The molecule has 3 N–H and O–H groups in total. The molecule has 0 aromatic carbocycles. The van der Waals surface area contributed by atoms with Crippen LogP contribution in [0.15, 0.2) is 36.9 Å². The molecule has 220 valence electrons. The van der Waals surface area contributed by atoms with E-state index in [-0.39, 0.29) is 11.5 Å². The van der Waals surface area contributed by atoms with Gasteiger partial charge in [-0.15, -0.1) is 0 Å². The second-order valence-corrected chi connectivity index (χ2v) is 8.71. The van der Waals surface area contributed by atoms with Gasteiger partial charge in [0.25, 0.3) is 5.91 Å². The van der Waals surface area contributed by atoms with E-state index in [0.717, 1.165) is 31.6 Å². The second kappa shape index (κ2) is 13.4. The van der Waals surface area contributed by atoms with Crippen LogP contribution in [0.2, 0.25) is 0 Å². The number of carboxylic acids is 2. The molecule has 17 heteroatoms. The van der Waals surface area contributed by atoms with Gasteiger partial charge in [-0.2, -0.15) is 26.3 Å². The molecule has 2 fully saturated rings. The summed E-state index contributed by atoms with van der Waals surface area (Å²) in [4.78, 5) is 44.7. The Balaban J connectivity index is 0.000000333. The molecular weight excluding hydrogens is 556 g/mol. The highest BCUT2D eigenvalue weighted by Crippen LogP contribution is 2.42. The first-order chi connectivity index (χ1) is 18.5. The number of hydrogen-bond acceptors (Lipinski definition) is 8. The van der Waals surface area contributed by atoms with Crippen molar-refractivity contribution in [2.75, 3.05) is 31.6 Å². The van der Waals surface area contributed by atoms with Crippen molar-refractivity contribution >= 4 is 23.8 Å². The van der Waals surface area contributed by atoms with Crippen molar-refractivity contribution in [3.8, 4) is 0 Å². The van der Waals surface area contributed by atoms with E-state index in [1.807, 2.05) is 24.2 Å². The van der Waals surface area contributed by atoms with Crippen LogP contribution < -0.4 is 5.32 Å². The monoisotopic (exact) mass is 581 g/mol. The minimum absolute atomic E-state index is 0.0316. The molecule has 1 spiro atoms. The van der Waals surface area contributed by atoms with Gasteiger partial charge in [0.1, 0.15) is 5.60 Å². The van der Waals surface area contributed by atoms with Crippen molar-refractivity contribution in [3.05, 3.63) is 48.0 Å². The van der Waals surface area contributed by atoms with Gasteiger partial charge in [0.2, 0.25) is 5.95 Å². The largest absolute Gasteiger partial charge is 0.490 e. The normalized spacial score (nSPS) is 17.5. The number of nitrogens with zero attached hydrogens (tertiary/aromatic N) is 4. The Morgan fingerprint density at radius 1 is 1.05 bits per heavy atom. The zero-order valence-corrected chi connectivity index (χ0v) is 20.9. The highest BCUT2D eigenvalue weighted by Gasteiger charge is 2.54. The lowest BCUT2D eigenvalue weighted by Crippen LogP contribution is -2.66. The summed E-state index contributed by atoms with van der Waals surface area (Å²) in [5.41, 5.74) is 1.50. The molecule has 0 aliphatic carbocycles. The Labute approximate surface area is 223 Å². The number of aryl methyl sites for hydroxylation is 1. The van der Waals surface area contributed by atoms with Crippen LogP contribution in [0.3, 0.4) is 0 Å². The maximum atomic E-state index is 12.5. The number of rotatable bonds is 5. The molecular formula is C23H25F6N5O6. The number of nitrogens with one attached hydrogen (secondary N) is 1. The van der Waals surface area contributed by atoms with Crippen LogP contribution in [0.4, 0.5) is 32.3 Å². The summed E-state index contributed by atoms with van der Waals surface area (Å²) >= 11 is 0. The molecule has 0 saturated carbocycles. The minimum atomic E-state index is -5.08. The van der Waals surface area contributed by atoms with E-state index in [9.17, 15) is 31.1 Å². The Hall–Kier alpha value is -4.02. The van der Waals surface area contributed by atoms with Gasteiger partial charge >= 0.3 is 24.3 Å². The molecule has 2 aromatic heterocycles. The SMILES string of the molecule is Cc1cnc(NCCC2CCOC23CN(C(=O)c2cccnc2)C3)nc1.O=C(O)C(F)(F)F.O=C(O)C(F)(F)F. The molecule has 0 radical (unpaired) electrons. The fraction of sp³-hybridized carbons (Fsp3) is 0.478. The molecule has 1 unspecified atom stereocenters. The average Bonchev–Trinajstić information content (AvgIpc) is 3.28. The number of carboxylic acid groups (broad SMARTS) is 2. The van der Waals surface area contributed by atoms with Gasteiger partial charge in [0.05, 0.1) is 18.7 Å². The van der Waals surface area contributed by atoms with Gasteiger partial charge in [-0.1, -0.05) is 0 Å². The van der Waals surface area contributed by atoms with Gasteiger partial charge in [-0.25, -0.2) is 19.6 Å². The van der Waals surface area contributed by atoms with Crippen molar-refractivity contribution in [2.24, 2.45) is 5.92 Å². The number of likely N-dealkylation sites (tertiary alicyclic amines) is 1. The highest BCUT2D eigenvalue weighted by atomic mass is 19.4. The maximum absolute atomic E-state index is 12.5. The molecule has 2 saturated heterocycles. The summed E-state index contributed by atoms with van der Waals surface area (Å²) in [6, 6.07) is 3.59. The summed E-state index contributed by atoms with van der Waals surface area (Å²) in [5, 5.41) is 17.5. The summed E-state index contributed by atoms with van der Waals surface area (Å²) in [6.45, 7) is 4.85. The number of ether oxygens (including phenoxy) is 1. The molecule has 1 amide bonds. The van der Waals surface area contributed by atoms with Crippen LogP contribution >= 0.6 is 0 Å². The number of carbonyl (C=O) groups excluding carboxylic acids is 1. The molecule has 2 aromatic rings. The number of anilines is 1. The lowest BCUT2D eigenvalue weighted by molar-refractivity contribution is -0.193. The smallest absolute Gasteiger partial charge is 0.475 e. The third-order valence-electron chi connectivity index (χ3n) is 5.75. The molecule has 0 bridgehead atoms. The summed E-state index contributed by atoms with van der Waals surface area (Å²) < 4.78 is 69.5. The van der Waals surface area contributed by atoms with Gasteiger partial charge in [0, 0.05) is 37.9 Å². The number of halogens is 6. The summed E-state index contributed by atoms with van der Waals surface area (Å²) in [7, 11) is 0. The number of alkyl halides is 6. The van der Waals surface area contributed by atoms with E-state index < -0.39 is 24.3 Å². The van der Waals surface area contributed by atoms with Crippen LogP contribution in [0.1, 0.15) is 28.8 Å². The molecule has 4 heterocycles. The quantitative estimate of drug-likeness (QED) is 0.449. The first-order valence-electron chi connectivity index (χ1n) is 11.5. The lowest BCUT2D eigenvalue weighted by atomic mass is 9.78. The van der Waals surface area contributed by atoms with E-state index in [1.165, 1.54) is 0 Å². The van der Waals surface area contributed by atoms with Crippen LogP contribution in [0.25, 0.3) is 0 Å². The standard InChI is InChI=1S/C19H23N5O2.2C2HF3O2/c1-14-9-22-18(23-10-14)21-7-4-16-5-8-26-19(16)12-24(13-19)17(25)15-3-2-6-20-11-15;2*3-2(4,5)1(6)7/h2-3,6,9-11,16H,4-5,7-8,12-13H2,1H3,(H,21,22,23);2*(H,6,7). The first-order valence-corrected chi connectivity index (χ1v) is 11.5. The highest BCUT2D eigenvalue weighted by molar-refractivity contribution is 5.94. The maximum Gasteiger partial charge on any atom is 0.490 e. The number of aliphatic carboxylic acids is 2. The van der Waals surface area contributed by atoms with E-state index in [0.29, 0.717) is 30.5 Å². The molecule has 2 aliphatic heterocycles. The van der Waals surface area contributed by atoms with Crippen molar-refractivity contribution in [1.82, 2.24) is 19.9 Å². The molecule has 1 atom stereocenters. The Kier molecular flexibility index (Phi) is 10.8. The van der Waals surface area contributed by atoms with E-state index in [2.05, 4.69) is 20.3 Å². The van der Waals surface area contributed by atoms with Gasteiger partial charge < -0.3 is 25.2 Å². The lowest BCUT2D eigenvalue weighted by Gasteiger charge is -2.50. The van der Waals surface area contributed by atoms with Gasteiger partial charge in [-0.3, -0.25) is 9.78 Å². The van der Waals surface area contributed by atoms with Gasteiger partial charge in [-0.05, 0) is 43.4 Å². The number of aromatic nitrogens is 3. The number of amides is 1. The zero-order chi connectivity index (χ0) is 30.1. The average molecular weight is 581 g/mol. The molecule has 40 heavy (non-hydrogen) atoms. The topological polar surface area (TPSA) is 155 Å². The Morgan fingerprint density at radius 3 is 2.08 bits per heavy atom. The van der Waals surface area contributed by atoms with Crippen LogP contribution in [0, 0.1) is 12.8 Å². The Morgan fingerprint density at radius 2 is 1.60 bits per heavy atom. The minimum Gasteiger partial charge on any atom is -0.475 e. The van der Waals surface area contributed by atoms with Crippen molar-refractivity contribution < 1.29 is 55.7 Å². The number of carbonyl (C=O) groups is 3. The van der Waals surface area contributed by atoms with E-state index in [4.69, 9.17) is 24.5 Å². The fourth-order valence-electron chi connectivity index (χ4n) is 3.80. The summed E-state index contributed by atoms with van der Waals surface area (Å²) in [5.74, 6) is -4.38. The third kappa shape index (κ3) is 9.32. The van der Waals surface area contributed by atoms with Crippen molar-refractivity contribution in [2.45, 2.75) is 37.7 Å². The van der Waals surface area contributed by atoms with Crippen LogP contribution in [-0.2, 0) is 14.3 Å². The second-order valence-electron chi connectivity index (χ2n) is 8.71. The summed E-state index contributed by atoms with van der Waals surface area (Å²) in [6.07, 6.45) is -1.24. The predicted octanol–water partition coefficient (Wildman–Crippen LogP) is 3.18.